The molecular weight excluding hydrogens is 381 g/mol. The lowest BCUT2D eigenvalue weighted by Crippen LogP contribution is -2.49. The minimum Gasteiger partial charge on any atom is -0.385 e. The van der Waals surface area contributed by atoms with Crippen LogP contribution < -0.4 is 10.6 Å². The fraction of sp³-hybridized carbons (Fsp3) is 0.929. The number of likely N-dealkylation sites (N-methyl/N-ethyl adjacent to an activating group) is 1. The standard InChI is InChI=1S/C14H31N5O.HI/c1-4-18-9-11-19(12-10-18)8-7-17-14(15-2)16-6-5-13-20-3;/h4-13H2,1-3H3,(H2,15,16,17);1H. The van der Waals surface area contributed by atoms with E-state index in [9.17, 15) is 0 Å². The van der Waals surface area contributed by atoms with Crippen molar-refractivity contribution < 1.29 is 4.74 Å². The molecule has 0 bridgehead atoms. The van der Waals surface area contributed by atoms with E-state index in [1.807, 2.05) is 7.05 Å². The second-order valence-electron chi connectivity index (χ2n) is 5.05. The fourth-order valence-corrected chi connectivity index (χ4v) is 2.31. The summed E-state index contributed by atoms with van der Waals surface area (Å²) in [5, 5.41) is 6.65. The Bertz CT molecular complexity index is 270. The van der Waals surface area contributed by atoms with Crippen LogP contribution in [0.5, 0.6) is 0 Å². The summed E-state index contributed by atoms with van der Waals surface area (Å²) in [5.41, 5.74) is 0. The predicted molar refractivity (Wildman–Crippen MR) is 99.8 cm³/mol. The molecule has 0 unspecified atom stereocenters. The number of hydrogen-bond acceptors (Lipinski definition) is 4. The van der Waals surface area contributed by atoms with Crippen LogP contribution in [-0.2, 0) is 4.74 Å². The molecule has 126 valence electrons. The van der Waals surface area contributed by atoms with Gasteiger partial charge >= 0.3 is 0 Å². The fourth-order valence-electron chi connectivity index (χ4n) is 2.31. The minimum absolute atomic E-state index is 0. The molecule has 1 fully saturated rings. The summed E-state index contributed by atoms with van der Waals surface area (Å²) < 4.78 is 5.02. The lowest BCUT2D eigenvalue weighted by atomic mass is 10.3. The Labute approximate surface area is 146 Å². The van der Waals surface area contributed by atoms with Gasteiger partial charge in [-0.15, -0.1) is 24.0 Å². The zero-order valence-corrected chi connectivity index (χ0v) is 16.1. The number of guanidine groups is 1. The molecule has 0 aliphatic carbocycles. The monoisotopic (exact) mass is 413 g/mol. The summed E-state index contributed by atoms with van der Waals surface area (Å²) in [6.45, 7) is 11.8. The van der Waals surface area contributed by atoms with E-state index in [1.165, 1.54) is 32.7 Å². The summed E-state index contributed by atoms with van der Waals surface area (Å²) in [6.07, 6.45) is 0.996. The van der Waals surface area contributed by atoms with Gasteiger partial charge in [0.05, 0.1) is 0 Å². The Morgan fingerprint density at radius 2 is 1.71 bits per heavy atom. The molecule has 0 radical (unpaired) electrons. The highest BCUT2D eigenvalue weighted by atomic mass is 127. The maximum Gasteiger partial charge on any atom is 0.191 e. The van der Waals surface area contributed by atoms with Crippen molar-refractivity contribution in [2.45, 2.75) is 13.3 Å². The van der Waals surface area contributed by atoms with Gasteiger partial charge in [0.2, 0.25) is 0 Å². The van der Waals surface area contributed by atoms with E-state index < -0.39 is 0 Å². The minimum atomic E-state index is 0. The first-order valence-electron chi connectivity index (χ1n) is 7.68. The molecule has 0 aromatic rings. The molecule has 0 amide bonds. The topological polar surface area (TPSA) is 52.1 Å². The number of rotatable bonds is 8. The van der Waals surface area contributed by atoms with E-state index in [0.29, 0.717) is 0 Å². The molecule has 1 aliphatic heterocycles. The molecular formula is C14H32IN5O. The number of hydrogen-bond donors (Lipinski definition) is 2. The lowest BCUT2D eigenvalue weighted by Gasteiger charge is -2.34. The second kappa shape index (κ2) is 13.5. The first-order chi connectivity index (χ1) is 9.80. The summed E-state index contributed by atoms with van der Waals surface area (Å²) in [6, 6.07) is 0. The molecule has 0 aromatic heterocycles. The van der Waals surface area contributed by atoms with Gasteiger partial charge in [-0.2, -0.15) is 0 Å². The van der Waals surface area contributed by atoms with Crippen molar-refractivity contribution in [1.82, 2.24) is 20.4 Å². The van der Waals surface area contributed by atoms with Gasteiger partial charge in [-0.1, -0.05) is 6.92 Å². The quantitative estimate of drug-likeness (QED) is 0.262. The Morgan fingerprint density at radius 3 is 2.29 bits per heavy atom. The van der Waals surface area contributed by atoms with Gasteiger partial charge < -0.3 is 20.3 Å². The lowest BCUT2D eigenvalue weighted by molar-refractivity contribution is 0.139. The highest BCUT2D eigenvalue weighted by molar-refractivity contribution is 14.0. The van der Waals surface area contributed by atoms with Crippen LogP contribution in [0.2, 0.25) is 0 Å². The average molecular weight is 413 g/mol. The third-order valence-corrected chi connectivity index (χ3v) is 3.67. The van der Waals surface area contributed by atoms with Crippen LogP contribution in [0.15, 0.2) is 4.99 Å². The molecule has 1 saturated heterocycles. The molecule has 0 aromatic carbocycles. The van der Waals surface area contributed by atoms with Crippen LogP contribution in [0.1, 0.15) is 13.3 Å². The Balaban J connectivity index is 0.00000400. The van der Waals surface area contributed by atoms with Gasteiger partial charge in [-0.05, 0) is 13.0 Å². The first kappa shape index (κ1) is 20.9. The highest BCUT2D eigenvalue weighted by Crippen LogP contribution is 1.99. The Morgan fingerprint density at radius 1 is 1.10 bits per heavy atom. The Kier molecular flexibility index (Phi) is 13.5. The molecule has 1 aliphatic rings. The molecule has 6 nitrogen and oxygen atoms in total. The second-order valence-corrected chi connectivity index (χ2v) is 5.05. The van der Waals surface area contributed by atoms with Crippen LogP contribution in [0.4, 0.5) is 0 Å². The largest absolute Gasteiger partial charge is 0.385 e. The van der Waals surface area contributed by atoms with Crippen LogP contribution in [0.25, 0.3) is 0 Å². The maximum absolute atomic E-state index is 5.02. The van der Waals surface area contributed by atoms with Crippen LogP contribution in [0, 0.1) is 0 Å². The molecule has 0 atom stereocenters. The normalized spacial score (nSPS) is 17.4. The maximum atomic E-state index is 5.02. The van der Waals surface area contributed by atoms with E-state index >= 15 is 0 Å². The number of ether oxygens (including phenoxy) is 1. The SMILES string of the molecule is CCN1CCN(CCNC(=NC)NCCCOC)CC1.I. The number of nitrogens with zero attached hydrogens (tertiary/aromatic N) is 3. The van der Waals surface area contributed by atoms with Crippen LogP contribution in [-0.4, -0.2) is 88.9 Å². The number of piperazine rings is 1. The number of methoxy groups -OCH3 is 1. The van der Waals surface area contributed by atoms with E-state index in [0.717, 1.165) is 38.6 Å². The summed E-state index contributed by atoms with van der Waals surface area (Å²) in [4.78, 5) is 9.23. The molecule has 0 spiro atoms. The Hall–Kier alpha value is -0.120. The molecule has 2 N–H and O–H groups in total. The summed E-state index contributed by atoms with van der Waals surface area (Å²) >= 11 is 0. The van der Waals surface area contributed by atoms with Gasteiger partial charge in [-0.3, -0.25) is 9.89 Å². The van der Waals surface area contributed by atoms with Crippen LogP contribution >= 0.6 is 24.0 Å². The van der Waals surface area contributed by atoms with Crippen molar-refractivity contribution in [1.29, 1.82) is 0 Å². The third-order valence-electron chi connectivity index (χ3n) is 3.67. The number of aliphatic imine (C=N–C) groups is 1. The molecule has 7 heteroatoms. The van der Waals surface area contributed by atoms with Crippen molar-refractivity contribution in [3.8, 4) is 0 Å². The van der Waals surface area contributed by atoms with Crippen molar-refractivity contribution in [3.05, 3.63) is 0 Å². The average Bonchev–Trinajstić information content (AvgIpc) is 2.50. The van der Waals surface area contributed by atoms with E-state index in [4.69, 9.17) is 4.74 Å². The number of nitrogens with one attached hydrogen (secondary N) is 2. The van der Waals surface area contributed by atoms with Gasteiger partial charge in [-0.25, -0.2) is 0 Å². The van der Waals surface area contributed by atoms with Gasteiger partial charge in [0.25, 0.3) is 0 Å². The predicted octanol–water partition coefficient (Wildman–Crippen LogP) is 0.443. The third kappa shape index (κ3) is 9.49. The zero-order valence-electron chi connectivity index (χ0n) is 13.7. The van der Waals surface area contributed by atoms with Gasteiger partial charge in [0.15, 0.2) is 5.96 Å². The summed E-state index contributed by atoms with van der Waals surface area (Å²) in [7, 11) is 3.54. The molecule has 0 saturated carbocycles. The van der Waals surface area contributed by atoms with Crippen molar-refractivity contribution >= 4 is 29.9 Å². The first-order valence-corrected chi connectivity index (χ1v) is 7.68. The van der Waals surface area contributed by atoms with Crippen molar-refractivity contribution in [3.63, 3.8) is 0 Å². The van der Waals surface area contributed by atoms with Crippen molar-refractivity contribution in [2.75, 3.05) is 73.1 Å². The number of halogens is 1. The van der Waals surface area contributed by atoms with Crippen LogP contribution in [0.3, 0.4) is 0 Å². The van der Waals surface area contributed by atoms with Crippen molar-refractivity contribution in [2.24, 2.45) is 4.99 Å². The summed E-state index contributed by atoms with van der Waals surface area (Å²) in [5.74, 6) is 0.883. The van der Waals surface area contributed by atoms with E-state index in [2.05, 4.69) is 32.3 Å². The smallest absolute Gasteiger partial charge is 0.191 e. The van der Waals surface area contributed by atoms with E-state index in [-0.39, 0.29) is 24.0 Å². The zero-order chi connectivity index (χ0) is 14.6. The molecule has 21 heavy (non-hydrogen) atoms. The van der Waals surface area contributed by atoms with E-state index in [1.54, 1.807) is 7.11 Å². The molecule has 1 heterocycles. The van der Waals surface area contributed by atoms with Gasteiger partial charge in [0, 0.05) is 66.6 Å². The molecule has 1 rings (SSSR count). The highest BCUT2D eigenvalue weighted by Gasteiger charge is 2.14. The van der Waals surface area contributed by atoms with Gasteiger partial charge in [0.1, 0.15) is 0 Å².